The Labute approximate surface area is 383 Å². The Bertz CT molecular complexity index is 2560. The van der Waals surface area contributed by atoms with Crippen molar-refractivity contribution in [2.24, 2.45) is 0 Å². The van der Waals surface area contributed by atoms with Crippen LogP contribution in [0.5, 0.6) is 23.0 Å². The summed E-state index contributed by atoms with van der Waals surface area (Å²) in [6.45, 7) is 4.78. The van der Waals surface area contributed by atoms with Crippen molar-refractivity contribution in [1.82, 2.24) is 10.3 Å². The summed E-state index contributed by atoms with van der Waals surface area (Å²) in [5, 5.41) is 8.95. The number of halogens is 5. The number of nitrogens with one attached hydrogen (secondary N) is 1. The number of nitrogens with zero attached hydrogens (tertiary/aromatic N) is 2. The summed E-state index contributed by atoms with van der Waals surface area (Å²) in [4.78, 5) is -0.0999. The molecule has 2 aromatic heterocycles. The van der Waals surface area contributed by atoms with Gasteiger partial charge in [-0.25, -0.2) is 16.8 Å². The normalized spacial score (nSPS) is 11.3. The largest absolute Gasteiger partial charge is 0.380 e. The fourth-order valence-corrected chi connectivity index (χ4v) is 7.26. The predicted molar refractivity (Wildman–Crippen MR) is 262 cm³/mol. The van der Waals surface area contributed by atoms with Crippen LogP contribution in [-0.2, 0) is 41.8 Å². The number of aryl methyl sites for hydroxylation is 2. The molecule has 0 aliphatic heterocycles. The molecule has 6 rings (SSSR count). The first-order chi connectivity index (χ1) is 27.8. The Morgan fingerprint density at radius 2 is 1.20 bits per heavy atom. The number of anilines is 2. The summed E-state index contributed by atoms with van der Waals surface area (Å²) in [5.41, 5.74) is 10.8. The molecular formula is C36H40ClI4N4O12S2+. The summed E-state index contributed by atoms with van der Waals surface area (Å²) in [7, 11) is 7.76. The molecule has 0 saturated carbocycles. The van der Waals surface area contributed by atoms with Gasteiger partial charge in [0.2, 0.25) is 7.11 Å². The molecule has 2 heterocycles. The second-order valence-corrected chi connectivity index (χ2v) is 64.6. The van der Waals surface area contributed by atoms with Gasteiger partial charge in [0.15, 0.2) is 22.8 Å². The van der Waals surface area contributed by atoms with E-state index in [1.165, 1.54) is 58.8 Å². The van der Waals surface area contributed by atoms with Gasteiger partial charge >= 0.3 is 63.7 Å². The number of fused-ring (bicyclic) bond motifs is 2. The van der Waals surface area contributed by atoms with Gasteiger partial charge in [-0.1, -0.05) is 10.3 Å². The summed E-state index contributed by atoms with van der Waals surface area (Å²) < 4.78 is 90.6. The molecule has 0 saturated heterocycles. The third kappa shape index (κ3) is 14.6. The number of aromatic nitrogens is 2. The molecule has 0 amide bonds. The number of methoxy groups -OCH3 is 5. The van der Waals surface area contributed by atoms with E-state index in [-0.39, 0.29) is 35.0 Å². The van der Waals surface area contributed by atoms with Crippen LogP contribution in [0.4, 0.5) is 11.6 Å². The molecule has 0 aliphatic rings. The fraction of sp³-hybridized carbons (Fsp3) is 0.250. The van der Waals surface area contributed by atoms with E-state index in [2.05, 4.69) is 78.0 Å². The molecule has 0 fully saturated rings. The standard InChI is InChI=1S/C18H20N2O6S.C10H11N2O2.C8H9ClO4S.I4/c1-11-7-14-15(8-12(11)10-23-2)26-19-18(14)20-27(21,22)17-6-5-13(24-3)9-16(17)25-4;1-6-3-8-9(14-12-10(8)11)4-7(6)5-13-2;1-12-6-3-4-8(14(9,10)11)7(5-6)13-2;1-4(2)3/h5-9H,10H2,1-4H3,(H,19,20);3-4H,2,5H2,1H3,(H2,11,12);3-5H,1-2H3;/q;+1;;. The van der Waals surface area contributed by atoms with Gasteiger partial charge in [-0.15, -0.1) is 0 Å². The SMILES string of the molecule is COCc1cc2onc(NS(=O)(=O)c3ccc(OC)cc3OC)c2cc1C.COc1ccc(S(=O)(=O)Cl)c(OC)c1.II(I)I.[CH2+]OCc1cc2onc(N)c2cc1C. The van der Waals surface area contributed by atoms with Crippen molar-refractivity contribution < 1.29 is 54.3 Å². The Morgan fingerprint density at radius 3 is 1.69 bits per heavy atom. The first-order valence-electron chi connectivity index (χ1n) is 16.3. The summed E-state index contributed by atoms with van der Waals surface area (Å²) in [6, 6.07) is 16.1. The Kier molecular flexibility index (Phi) is 20.4. The molecule has 4 aromatic carbocycles. The van der Waals surface area contributed by atoms with Crippen molar-refractivity contribution in [3.63, 3.8) is 0 Å². The summed E-state index contributed by atoms with van der Waals surface area (Å²) in [6.07, 6.45) is 0. The Hall–Kier alpha value is -2.48. The van der Waals surface area contributed by atoms with Crippen LogP contribution in [0.15, 0.2) is 79.5 Å². The number of hydrogen-bond acceptors (Lipinski definition) is 15. The maximum Gasteiger partial charge on any atom is 0.213 e. The quantitative estimate of drug-likeness (QED) is 0.0662. The number of hydrogen-bond donors (Lipinski definition) is 2. The van der Waals surface area contributed by atoms with E-state index in [0.717, 1.165) is 27.6 Å². The van der Waals surface area contributed by atoms with E-state index in [9.17, 15) is 16.8 Å². The van der Waals surface area contributed by atoms with Gasteiger partial charge in [0.25, 0.3) is 19.1 Å². The van der Waals surface area contributed by atoms with Crippen molar-refractivity contribution in [2.45, 2.75) is 36.9 Å². The van der Waals surface area contributed by atoms with Crippen LogP contribution in [0.3, 0.4) is 0 Å². The predicted octanol–water partition coefficient (Wildman–Crippen LogP) is 10.3. The minimum absolute atomic E-state index is 0.0327. The third-order valence-corrected chi connectivity index (χ3v) is 10.7. The second-order valence-electron chi connectivity index (χ2n) is 11.7. The molecule has 16 nitrogen and oxygen atoms in total. The van der Waals surface area contributed by atoms with Gasteiger partial charge < -0.3 is 38.5 Å². The number of nitrogens with two attached hydrogens (primary N) is 1. The van der Waals surface area contributed by atoms with Crippen molar-refractivity contribution in [2.75, 3.05) is 46.0 Å². The zero-order valence-corrected chi connectivity index (χ0v) is 43.5. The average molecular weight is 1330 g/mol. The van der Waals surface area contributed by atoms with E-state index in [1.807, 2.05) is 32.0 Å². The fourth-order valence-electron chi connectivity index (χ4n) is 5.09. The molecule has 0 spiro atoms. The Morgan fingerprint density at radius 1 is 0.729 bits per heavy atom. The van der Waals surface area contributed by atoms with Gasteiger partial charge in [0.05, 0.1) is 45.8 Å². The second kappa shape index (κ2) is 23.7. The van der Waals surface area contributed by atoms with Crippen LogP contribution in [-0.4, -0.2) is 62.7 Å². The van der Waals surface area contributed by atoms with Crippen LogP contribution in [0.25, 0.3) is 21.9 Å². The number of nitrogen functional groups attached to an aromatic ring is 1. The third-order valence-electron chi connectivity index (χ3n) is 7.97. The van der Waals surface area contributed by atoms with E-state index < -0.39 is 19.1 Å². The molecule has 23 heteroatoms. The van der Waals surface area contributed by atoms with Crippen molar-refractivity contribution >= 4 is 127 Å². The molecule has 6 aromatic rings. The number of ether oxygens (including phenoxy) is 6. The van der Waals surface area contributed by atoms with Crippen LogP contribution in [0, 0.1) is 21.0 Å². The van der Waals surface area contributed by atoms with Gasteiger partial charge in [-0.3, -0.25) is 4.72 Å². The first-order valence-corrected chi connectivity index (χ1v) is 39.0. The molecule has 0 atom stereocenters. The molecule has 3 N–H and O–H groups in total. The van der Waals surface area contributed by atoms with E-state index in [4.69, 9.17) is 53.9 Å². The van der Waals surface area contributed by atoms with E-state index in [1.54, 1.807) is 19.2 Å². The first kappa shape index (κ1) is 50.9. The number of rotatable bonds is 12. The smallest absolute Gasteiger partial charge is 0.213 e. The van der Waals surface area contributed by atoms with Gasteiger partial charge in [-0.05, 0) is 84.6 Å². The minimum Gasteiger partial charge on any atom is -0.380 e. The number of benzene rings is 4. The monoisotopic (exact) mass is 1330 g/mol. The van der Waals surface area contributed by atoms with Crippen molar-refractivity contribution in [3.05, 3.63) is 90.0 Å². The maximum atomic E-state index is 12.8. The number of sulfonamides is 1. The zero-order chi connectivity index (χ0) is 44.1. The van der Waals surface area contributed by atoms with Crippen LogP contribution in [0.1, 0.15) is 22.3 Å². The molecule has 0 aliphatic carbocycles. The van der Waals surface area contributed by atoms with Gasteiger partial charge in [-0.2, -0.15) is 4.74 Å². The van der Waals surface area contributed by atoms with Crippen LogP contribution >= 0.6 is 74.4 Å². The minimum atomic E-state index is -3.95. The molecule has 0 radical (unpaired) electrons. The molecule has 0 bridgehead atoms. The topological polar surface area (TPSA) is 214 Å². The Balaban J connectivity index is 0.000000245. The van der Waals surface area contributed by atoms with E-state index in [0.29, 0.717) is 47.1 Å². The molecular weight excluding hydrogens is 1290 g/mol. The van der Waals surface area contributed by atoms with Gasteiger partial charge in [0, 0.05) is 29.9 Å². The summed E-state index contributed by atoms with van der Waals surface area (Å²) >= 11 is 7.42. The van der Waals surface area contributed by atoms with E-state index >= 15 is 0 Å². The molecule has 59 heavy (non-hydrogen) atoms. The summed E-state index contributed by atoms with van der Waals surface area (Å²) in [5.74, 6) is 1.84. The van der Waals surface area contributed by atoms with Gasteiger partial charge in [0.1, 0.15) is 39.4 Å². The molecule has 0 unspecified atom stereocenters. The van der Waals surface area contributed by atoms with Crippen LogP contribution in [0.2, 0.25) is 0 Å². The van der Waals surface area contributed by atoms with Crippen LogP contribution < -0.4 is 29.4 Å². The maximum absolute atomic E-state index is 12.8. The van der Waals surface area contributed by atoms with Crippen molar-refractivity contribution in [3.8, 4) is 23.0 Å². The zero-order valence-electron chi connectivity index (χ0n) is 32.5. The molecule has 322 valence electrons. The average Bonchev–Trinajstić information content (AvgIpc) is 3.74. The van der Waals surface area contributed by atoms with Crippen molar-refractivity contribution in [1.29, 1.82) is 0 Å².